The van der Waals surface area contributed by atoms with E-state index in [0.29, 0.717) is 28.1 Å². The van der Waals surface area contributed by atoms with Gasteiger partial charge in [-0.3, -0.25) is 9.89 Å². The van der Waals surface area contributed by atoms with Gasteiger partial charge in [0.15, 0.2) is 11.5 Å². The Morgan fingerprint density at radius 1 is 0.962 bits per heavy atom. The van der Waals surface area contributed by atoms with Crippen molar-refractivity contribution in [2.75, 3.05) is 11.5 Å². The number of nitrogen functional groups attached to an aromatic ring is 2. The fraction of sp³-hybridized carbons (Fsp3) is 0. The summed E-state index contributed by atoms with van der Waals surface area (Å²) < 4.78 is 0. The Labute approximate surface area is 146 Å². The van der Waals surface area contributed by atoms with E-state index in [0.717, 1.165) is 5.52 Å². The van der Waals surface area contributed by atoms with Crippen LogP contribution in [0.1, 0.15) is 0 Å². The van der Waals surface area contributed by atoms with Crippen molar-refractivity contribution in [3.63, 3.8) is 0 Å². The SMILES string of the molecule is Nc1n[nH]c(N)c1N=Nc1ccc(-c2nc3ccccc3[nH]c2=O)cc1. The van der Waals surface area contributed by atoms with Crippen molar-refractivity contribution >= 4 is 34.0 Å². The second kappa shape index (κ2) is 6.13. The Hall–Kier alpha value is -4.01. The van der Waals surface area contributed by atoms with Crippen LogP contribution in [0.5, 0.6) is 0 Å². The van der Waals surface area contributed by atoms with Crippen molar-refractivity contribution in [1.82, 2.24) is 20.2 Å². The minimum Gasteiger partial charge on any atom is -0.382 e. The van der Waals surface area contributed by atoms with Crippen molar-refractivity contribution < 1.29 is 0 Å². The first-order valence-electron chi connectivity index (χ1n) is 7.72. The van der Waals surface area contributed by atoms with E-state index in [1.807, 2.05) is 24.3 Å². The summed E-state index contributed by atoms with van der Waals surface area (Å²) >= 11 is 0. The molecule has 0 radical (unpaired) electrons. The van der Waals surface area contributed by atoms with Gasteiger partial charge >= 0.3 is 0 Å². The fourth-order valence-electron chi connectivity index (χ4n) is 2.49. The van der Waals surface area contributed by atoms with Gasteiger partial charge in [-0.1, -0.05) is 24.3 Å². The first-order chi connectivity index (χ1) is 12.6. The molecule has 0 atom stereocenters. The van der Waals surface area contributed by atoms with Crippen LogP contribution in [0, 0.1) is 0 Å². The molecular weight excluding hydrogens is 332 g/mol. The number of hydrogen-bond acceptors (Lipinski definition) is 7. The lowest BCUT2D eigenvalue weighted by atomic mass is 10.1. The van der Waals surface area contributed by atoms with Crippen molar-refractivity contribution in [2.24, 2.45) is 10.2 Å². The van der Waals surface area contributed by atoms with E-state index < -0.39 is 0 Å². The maximum absolute atomic E-state index is 12.3. The lowest BCUT2D eigenvalue weighted by Gasteiger charge is -2.03. The highest BCUT2D eigenvalue weighted by atomic mass is 16.1. The first kappa shape index (κ1) is 15.5. The van der Waals surface area contributed by atoms with Crippen LogP contribution in [0.15, 0.2) is 63.6 Å². The van der Waals surface area contributed by atoms with E-state index in [9.17, 15) is 4.79 Å². The fourth-order valence-corrected chi connectivity index (χ4v) is 2.49. The third kappa shape index (κ3) is 2.77. The number of hydrogen-bond donors (Lipinski definition) is 4. The third-order valence-electron chi connectivity index (χ3n) is 3.80. The molecule has 26 heavy (non-hydrogen) atoms. The standard InChI is InChI=1S/C17H14N8O/c18-15-14(16(19)25-24-15)23-22-10-7-5-9(6-8-10)13-17(26)21-12-4-2-1-3-11(12)20-13/h1-8H,(H,21,26)(H5,18,19,24,25). The molecule has 2 heterocycles. The average molecular weight is 346 g/mol. The monoisotopic (exact) mass is 346 g/mol. The van der Waals surface area contributed by atoms with Gasteiger partial charge in [-0.2, -0.15) is 10.2 Å². The van der Waals surface area contributed by atoms with Gasteiger partial charge in [0.1, 0.15) is 11.5 Å². The average Bonchev–Trinajstić information content (AvgIpc) is 2.98. The molecule has 128 valence electrons. The molecule has 9 nitrogen and oxygen atoms in total. The summed E-state index contributed by atoms with van der Waals surface area (Å²) in [6.45, 7) is 0. The number of benzene rings is 2. The molecule has 0 fully saturated rings. The van der Waals surface area contributed by atoms with Crippen molar-refractivity contribution in [2.45, 2.75) is 0 Å². The Morgan fingerprint density at radius 3 is 2.46 bits per heavy atom. The highest BCUT2D eigenvalue weighted by Gasteiger charge is 2.08. The highest BCUT2D eigenvalue weighted by molar-refractivity contribution is 5.77. The van der Waals surface area contributed by atoms with Gasteiger partial charge in [0, 0.05) is 5.56 Å². The topological polar surface area (TPSA) is 151 Å². The van der Waals surface area contributed by atoms with Gasteiger partial charge in [-0.05, 0) is 24.3 Å². The summed E-state index contributed by atoms with van der Waals surface area (Å²) in [5, 5.41) is 14.3. The molecule has 0 saturated heterocycles. The van der Waals surface area contributed by atoms with Crippen LogP contribution in [0.2, 0.25) is 0 Å². The maximum atomic E-state index is 12.3. The van der Waals surface area contributed by atoms with Gasteiger partial charge in [0.2, 0.25) is 0 Å². The number of nitrogens with zero attached hydrogens (tertiary/aromatic N) is 4. The molecule has 2 aromatic carbocycles. The number of para-hydroxylation sites is 2. The summed E-state index contributed by atoms with van der Waals surface area (Å²) in [4.78, 5) is 19.5. The highest BCUT2D eigenvalue weighted by Crippen LogP contribution is 2.28. The van der Waals surface area contributed by atoms with Crippen LogP contribution in [-0.4, -0.2) is 20.2 Å². The molecule has 2 aromatic heterocycles. The summed E-state index contributed by atoms with van der Waals surface area (Å²) in [5.41, 5.74) is 14.4. The molecule has 4 rings (SSSR count). The van der Waals surface area contributed by atoms with Crippen molar-refractivity contribution in [1.29, 1.82) is 0 Å². The van der Waals surface area contributed by atoms with Crippen LogP contribution in [0.4, 0.5) is 23.0 Å². The smallest absolute Gasteiger partial charge is 0.274 e. The second-order valence-corrected chi connectivity index (χ2v) is 5.55. The number of H-pyrrole nitrogens is 2. The lowest BCUT2D eigenvalue weighted by Crippen LogP contribution is -2.11. The predicted octanol–water partition coefficient (Wildman–Crippen LogP) is 2.89. The molecule has 0 aliphatic carbocycles. The van der Waals surface area contributed by atoms with Crippen LogP contribution in [0.25, 0.3) is 22.3 Å². The molecule has 0 spiro atoms. The quantitative estimate of drug-likeness (QED) is 0.420. The molecule has 9 heteroatoms. The number of aromatic nitrogens is 4. The molecule has 0 aliphatic heterocycles. The largest absolute Gasteiger partial charge is 0.382 e. The maximum Gasteiger partial charge on any atom is 0.274 e. The van der Waals surface area contributed by atoms with Gasteiger partial charge in [0.25, 0.3) is 5.56 Å². The molecule has 0 saturated carbocycles. The molecule has 6 N–H and O–H groups in total. The van der Waals surface area contributed by atoms with E-state index in [4.69, 9.17) is 11.5 Å². The van der Waals surface area contributed by atoms with Crippen molar-refractivity contribution in [3.8, 4) is 11.3 Å². The normalized spacial score (nSPS) is 11.4. The number of azo groups is 1. The van der Waals surface area contributed by atoms with Crippen molar-refractivity contribution in [3.05, 3.63) is 58.9 Å². The number of rotatable bonds is 3. The number of fused-ring (bicyclic) bond motifs is 1. The summed E-state index contributed by atoms with van der Waals surface area (Å²) in [6, 6.07) is 14.3. The number of nitrogens with two attached hydrogens (primary N) is 2. The zero-order valence-corrected chi connectivity index (χ0v) is 13.5. The Balaban J connectivity index is 1.66. The second-order valence-electron chi connectivity index (χ2n) is 5.55. The Kier molecular flexibility index (Phi) is 3.66. The minimum absolute atomic E-state index is 0.176. The zero-order valence-electron chi connectivity index (χ0n) is 13.5. The predicted molar refractivity (Wildman–Crippen MR) is 99.4 cm³/mol. The van der Waals surface area contributed by atoms with Crippen LogP contribution in [-0.2, 0) is 0 Å². The molecular formula is C17H14N8O. The summed E-state index contributed by atoms with van der Waals surface area (Å²) in [5.74, 6) is 0.421. The van der Waals surface area contributed by atoms with Gasteiger partial charge in [-0.15, -0.1) is 5.11 Å². The lowest BCUT2D eigenvalue weighted by molar-refractivity contribution is 1.11. The van der Waals surface area contributed by atoms with E-state index >= 15 is 0 Å². The number of anilines is 2. The minimum atomic E-state index is -0.253. The third-order valence-corrected chi connectivity index (χ3v) is 3.80. The Bertz CT molecular complexity index is 1150. The Morgan fingerprint density at radius 2 is 1.73 bits per heavy atom. The molecule has 0 unspecified atom stereocenters. The molecule has 0 aliphatic rings. The van der Waals surface area contributed by atoms with Crippen LogP contribution < -0.4 is 17.0 Å². The number of aromatic amines is 2. The van der Waals surface area contributed by atoms with E-state index in [-0.39, 0.29) is 17.2 Å². The van der Waals surface area contributed by atoms with E-state index in [2.05, 4.69) is 30.4 Å². The van der Waals surface area contributed by atoms with Crippen LogP contribution in [0.3, 0.4) is 0 Å². The summed E-state index contributed by atoms with van der Waals surface area (Å²) in [6.07, 6.45) is 0. The molecule has 0 bridgehead atoms. The number of nitrogens with one attached hydrogen (secondary N) is 2. The zero-order chi connectivity index (χ0) is 18.1. The first-order valence-corrected chi connectivity index (χ1v) is 7.72. The molecule has 4 aromatic rings. The molecule has 0 amide bonds. The van der Waals surface area contributed by atoms with E-state index in [1.165, 1.54) is 0 Å². The van der Waals surface area contributed by atoms with E-state index in [1.54, 1.807) is 24.3 Å². The van der Waals surface area contributed by atoms with Gasteiger partial charge in [-0.25, -0.2) is 4.98 Å². The van der Waals surface area contributed by atoms with Gasteiger partial charge < -0.3 is 16.5 Å². The van der Waals surface area contributed by atoms with Crippen LogP contribution >= 0.6 is 0 Å². The summed E-state index contributed by atoms with van der Waals surface area (Å²) in [7, 11) is 0. The van der Waals surface area contributed by atoms with Gasteiger partial charge in [0.05, 0.1) is 16.7 Å².